The third-order valence-electron chi connectivity index (χ3n) is 3.18. The summed E-state index contributed by atoms with van der Waals surface area (Å²) in [6, 6.07) is 13.2. The van der Waals surface area contributed by atoms with Crippen LogP contribution in [0.1, 0.15) is 5.56 Å². The average molecular weight is 347 g/mol. The fourth-order valence-corrected chi connectivity index (χ4v) is 2.78. The number of hydrogen-bond acceptors (Lipinski definition) is 2. The van der Waals surface area contributed by atoms with Gasteiger partial charge in [0.25, 0.3) is 0 Å². The summed E-state index contributed by atoms with van der Waals surface area (Å²) in [7, 11) is 1.95. The molecule has 0 fully saturated rings. The SMILES string of the molecule is Cn1c(-c2cc(Cl)ccc2Br)nc2cc(C#N)ccc21. The van der Waals surface area contributed by atoms with Crippen LogP contribution in [-0.2, 0) is 7.05 Å². The molecule has 0 unspecified atom stereocenters. The average Bonchev–Trinajstić information content (AvgIpc) is 2.78. The smallest absolute Gasteiger partial charge is 0.142 e. The van der Waals surface area contributed by atoms with Crippen LogP contribution in [0.25, 0.3) is 22.4 Å². The van der Waals surface area contributed by atoms with Gasteiger partial charge in [-0.1, -0.05) is 27.5 Å². The van der Waals surface area contributed by atoms with Gasteiger partial charge in [-0.05, 0) is 36.4 Å². The highest BCUT2D eigenvalue weighted by molar-refractivity contribution is 9.10. The maximum Gasteiger partial charge on any atom is 0.142 e. The van der Waals surface area contributed by atoms with Gasteiger partial charge in [-0.15, -0.1) is 0 Å². The summed E-state index contributed by atoms with van der Waals surface area (Å²) in [6.45, 7) is 0. The van der Waals surface area contributed by atoms with E-state index in [9.17, 15) is 0 Å². The number of nitriles is 1. The Balaban J connectivity index is 2.29. The molecule has 0 saturated carbocycles. The minimum absolute atomic E-state index is 0.604. The molecule has 0 aliphatic carbocycles. The van der Waals surface area contributed by atoms with E-state index in [1.54, 1.807) is 12.1 Å². The molecule has 0 aliphatic rings. The Morgan fingerprint density at radius 1 is 1.25 bits per heavy atom. The van der Waals surface area contributed by atoms with Gasteiger partial charge in [-0.25, -0.2) is 4.98 Å². The Kier molecular flexibility index (Phi) is 3.25. The van der Waals surface area contributed by atoms with Crippen LogP contribution in [0.4, 0.5) is 0 Å². The van der Waals surface area contributed by atoms with Gasteiger partial charge in [-0.3, -0.25) is 0 Å². The van der Waals surface area contributed by atoms with Crippen LogP contribution in [-0.4, -0.2) is 9.55 Å². The van der Waals surface area contributed by atoms with Crippen molar-refractivity contribution in [3.8, 4) is 17.5 Å². The van der Waals surface area contributed by atoms with Gasteiger partial charge < -0.3 is 4.57 Å². The van der Waals surface area contributed by atoms with Crippen LogP contribution in [0.2, 0.25) is 5.02 Å². The Morgan fingerprint density at radius 2 is 2.05 bits per heavy atom. The molecule has 0 radical (unpaired) electrons. The van der Waals surface area contributed by atoms with Gasteiger partial charge in [0.1, 0.15) is 5.82 Å². The number of imidazole rings is 1. The van der Waals surface area contributed by atoms with E-state index in [1.165, 1.54) is 0 Å². The third kappa shape index (κ3) is 2.09. The van der Waals surface area contributed by atoms with Gasteiger partial charge in [0.2, 0.25) is 0 Å². The number of aryl methyl sites for hydroxylation is 1. The topological polar surface area (TPSA) is 41.6 Å². The molecule has 3 aromatic rings. The lowest BCUT2D eigenvalue weighted by atomic mass is 10.2. The molecule has 98 valence electrons. The molecule has 3 nitrogen and oxygen atoms in total. The van der Waals surface area contributed by atoms with E-state index >= 15 is 0 Å². The van der Waals surface area contributed by atoms with Crippen molar-refractivity contribution in [2.24, 2.45) is 7.05 Å². The van der Waals surface area contributed by atoms with E-state index in [4.69, 9.17) is 16.9 Å². The summed E-state index contributed by atoms with van der Waals surface area (Å²) < 4.78 is 2.92. The van der Waals surface area contributed by atoms with Crippen LogP contribution in [0.15, 0.2) is 40.9 Å². The van der Waals surface area contributed by atoms with Crippen LogP contribution in [0.3, 0.4) is 0 Å². The predicted octanol–water partition coefficient (Wildman–Crippen LogP) is 4.53. The first kappa shape index (κ1) is 13.2. The minimum atomic E-state index is 0.604. The van der Waals surface area contributed by atoms with E-state index in [-0.39, 0.29) is 0 Å². The summed E-state index contributed by atoms with van der Waals surface area (Å²) in [4.78, 5) is 4.62. The highest BCUT2D eigenvalue weighted by Crippen LogP contribution is 2.32. The molecule has 0 spiro atoms. The Labute approximate surface area is 129 Å². The van der Waals surface area contributed by atoms with Crippen LogP contribution < -0.4 is 0 Å². The van der Waals surface area contributed by atoms with Crippen molar-refractivity contribution in [3.05, 3.63) is 51.5 Å². The lowest BCUT2D eigenvalue weighted by molar-refractivity contribution is 0.958. The molecule has 3 rings (SSSR count). The van der Waals surface area contributed by atoms with Crippen molar-refractivity contribution < 1.29 is 0 Å². The zero-order valence-corrected chi connectivity index (χ0v) is 12.9. The number of halogens is 2. The summed E-state index contributed by atoms with van der Waals surface area (Å²) in [5.74, 6) is 0.810. The summed E-state index contributed by atoms with van der Waals surface area (Å²) in [6.07, 6.45) is 0. The van der Waals surface area contributed by atoms with Gasteiger partial charge in [0.05, 0.1) is 22.7 Å². The number of rotatable bonds is 1. The third-order valence-corrected chi connectivity index (χ3v) is 4.11. The molecule has 0 N–H and O–H groups in total. The first-order valence-electron chi connectivity index (χ1n) is 5.92. The molecule has 5 heteroatoms. The molecule has 0 saturated heterocycles. The fourth-order valence-electron chi connectivity index (χ4n) is 2.18. The van der Waals surface area contributed by atoms with Crippen molar-refractivity contribution in [2.45, 2.75) is 0 Å². The standard InChI is InChI=1S/C15H9BrClN3/c1-20-14-5-2-9(8-18)6-13(14)19-15(20)11-7-10(17)3-4-12(11)16/h2-7H,1H3. The van der Waals surface area contributed by atoms with E-state index in [2.05, 4.69) is 27.0 Å². The van der Waals surface area contributed by atoms with Crippen molar-refractivity contribution in [1.82, 2.24) is 9.55 Å². The quantitative estimate of drug-likeness (QED) is 0.649. The number of benzene rings is 2. The van der Waals surface area contributed by atoms with Crippen LogP contribution >= 0.6 is 27.5 Å². The lowest BCUT2D eigenvalue weighted by Crippen LogP contribution is -1.93. The molecular formula is C15H9BrClN3. The maximum absolute atomic E-state index is 8.96. The summed E-state index contributed by atoms with van der Waals surface area (Å²) >= 11 is 9.59. The highest BCUT2D eigenvalue weighted by atomic mass is 79.9. The van der Waals surface area contributed by atoms with Gasteiger partial charge in [0, 0.05) is 22.1 Å². The molecule has 1 heterocycles. The maximum atomic E-state index is 8.96. The molecule has 0 amide bonds. The normalized spacial score (nSPS) is 10.7. The van der Waals surface area contributed by atoms with E-state index in [0.29, 0.717) is 10.6 Å². The molecule has 2 aromatic carbocycles. The zero-order valence-electron chi connectivity index (χ0n) is 10.6. The second-order valence-electron chi connectivity index (χ2n) is 4.43. The Morgan fingerprint density at radius 3 is 2.80 bits per heavy atom. The molecule has 0 aliphatic heterocycles. The molecule has 20 heavy (non-hydrogen) atoms. The number of nitrogens with zero attached hydrogens (tertiary/aromatic N) is 3. The van der Waals surface area contributed by atoms with Crippen molar-refractivity contribution in [3.63, 3.8) is 0 Å². The summed E-state index contributed by atoms with van der Waals surface area (Å²) in [5, 5.41) is 9.62. The largest absolute Gasteiger partial charge is 0.327 e. The monoisotopic (exact) mass is 345 g/mol. The highest BCUT2D eigenvalue weighted by Gasteiger charge is 2.13. The predicted molar refractivity (Wildman–Crippen MR) is 83.6 cm³/mol. The van der Waals surface area contributed by atoms with Crippen molar-refractivity contribution in [1.29, 1.82) is 5.26 Å². The second-order valence-corrected chi connectivity index (χ2v) is 5.72. The zero-order chi connectivity index (χ0) is 14.3. The first-order chi connectivity index (χ1) is 9.60. The lowest BCUT2D eigenvalue weighted by Gasteiger charge is -2.05. The Bertz CT molecular complexity index is 861. The van der Waals surface area contributed by atoms with Gasteiger partial charge in [0.15, 0.2) is 0 Å². The molecular weight excluding hydrogens is 338 g/mol. The van der Waals surface area contributed by atoms with Crippen molar-refractivity contribution in [2.75, 3.05) is 0 Å². The van der Waals surface area contributed by atoms with Gasteiger partial charge in [-0.2, -0.15) is 5.26 Å². The number of hydrogen-bond donors (Lipinski definition) is 0. The van der Waals surface area contributed by atoms with Crippen LogP contribution in [0, 0.1) is 11.3 Å². The van der Waals surface area contributed by atoms with Crippen LogP contribution in [0.5, 0.6) is 0 Å². The van der Waals surface area contributed by atoms with E-state index < -0.39 is 0 Å². The minimum Gasteiger partial charge on any atom is -0.327 e. The van der Waals surface area contributed by atoms with E-state index in [0.717, 1.165) is 26.9 Å². The number of fused-ring (bicyclic) bond motifs is 1. The first-order valence-corrected chi connectivity index (χ1v) is 7.09. The number of aromatic nitrogens is 2. The molecule has 0 atom stereocenters. The van der Waals surface area contributed by atoms with Crippen molar-refractivity contribution >= 4 is 38.6 Å². The summed E-state index contributed by atoms with van der Waals surface area (Å²) in [5.41, 5.74) is 3.31. The molecule has 1 aromatic heterocycles. The van der Waals surface area contributed by atoms with Gasteiger partial charge >= 0.3 is 0 Å². The van der Waals surface area contributed by atoms with E-state index in [1.807, 2.05) is 35.9 Å². The molecule has 0 bridgehead atoms. The second kappa shape index (κ2) is 4.93. The Hall–Kier alpha value is -1.83. The fraction of sp³-hybridized carbons (Fsp3) is 0.0667.